The van der Waals surface area contributed by atoms with Crippen LogP contribution in [0.15, 0.2) is 239 Å². The van der Waals surface area contributed by atoms with E-state index < -0.39 is 0 Å². The number of para-hydroxylation sites is 5. The summed E-state index contributed by atoms with van der Waals surface area (Å²) in [6, 6.07) is 80.9. The third-order valence-electron chi connectivity index (χ3n) is 12.5. The molecule has 6 nitrogen and oxygen atoms in total. The Balaban J connectivity index is 1.08. The summed E-state index contributed by atoms with van der Waals surface area (Å²) in [5.74, 6) is 0.552. The van der Waals surface area contributed by atoms with Gasteiger partial charge in [-0.3, -0.25) is 0 Å². The van der Waals surface area contributed by atoms with Crippen LogP contribution in [0.4, 0.5) is 34.1 Å². The highest BCUT2D eigenvalue weighted by molar-refractivity contribution is 6.11. The van der Waals surface area contributed by atoms with E-state index in [-0.39, 0.29) is 0 Å². The van der Waals surface area contributed by atoms with Crippen molar-refractivity contribution in [2.75, 3.05) is 9.80 Å². The van der Waals surface area contributed by atoms with Crippen LogP contribution in [0.25, 0.3) is 82.8 Å². The first-order chi connectivity index (χ1) is 32.2. The van der Waals surface area contributed by atoms with Gasteiger partial charge in [-0.15, -0.1) is 0 Å². The number of hydrogen-bond donors (Lipinski definition) is 0. The summed E-state index contributed by atoms with van der Waals surface area (Å²) in [7, 11) is 0. The molecule has 0 fully saturated rings. The van der Waals surface area contributed by atoms with E-state index >= 15 is 0 Å². The third-order valence-corrected chi connectivity index (χ3v) is 12.5. The molecule has 0 unspecified atom stereocenters. The van der Waals surface area contributed by atoms with Crippen LogP contribution in [0.3, 0.4) is 0 Å². The fourth-order valence-electron chi connectivity index (χ4n) is 9.58. The van der Waals surface area contributed by atoms with Gasteiger partial charge in [0.2, 0.25) is 5.89 Å². The van der Waals surface area contributed by atoms with Gasteiger partial charge in [0.15, 0.2) is 5.58 Å². The number of fused-ring (bicyclic) bond motifs is 8. The standard InChI is InChI=1S/C59H38N4O2/c1-4-18-42(19-5-1)61(45-31-33-57-51(36-45)49-25-13-15-27-56(49)64-57)47-37-52-58(65-59(60-52)41-29-28-39-16-10-11-17-40(39)34-41)55(38-47)62(43-20-6-2-7-21-43)46-30-32-54-50(35-46)48-24-12-14-26-53(48)63(54)44-22-8-3-9-23-44/h1-38H. The Morgan fingerprint density at radius 3 is 1.80 bits per heavy atom. The molecule has 0 spiro atoms. The number of nitrogens with zero attached hydrogens (tertiary/aromatic N) is 4. The number of hydrogen-bond acceptors (Lipinski definition) is 5. The number of furan rings is 1. The van der Waals surface area contributed by atoms with Gasteiger partial charge in [0, 0.05) is 55.5 Å². The van der Waals surface area contributed by atoms with Crippen molar-refractivity contribution in [1.29, 1.82) is 0 Å². The predicted octanol–water partition coefficient (Wildman–Crippen LogP) is 16.6. The van der Waals surface area contributed by atoms with E-state index in [4.69, 9.17) is 13.8 Å². The predicted molar refractivity (Wildman–Crippen MR) is 268 cm³/mol. The molecule has 6 heteroatoms. The van der Waals surface area contributed by atoms with Gasteiger partial charge >= 0.3 is 0 Å². The quantitative estimate of drug-likeness (QED) is 0.153. The van der Waals surface area contributed by atoms with E-state index in [2.05, 4.69) is 233 Å². The van der Waals surface area contributed by atoms with E-state index in [1.54, 1.807) is 0 Å². The molecule has 3 aromatic heterocycles. The van der Waals surface area contributed by atoms with Gasteiger partial charge in [0.25, 0.3) is 0 Å². The molecule has 0 aliphatic carbocycles. The van der Waals surface area contributed by atoms with Gasteiger partial charge in [-0.05, 0) is 120 Å². The first kappa shape index (κ1) is 36.8. The van der Waals surface area contributed by atoms with E-state index in [0.717, 1.165) is 100 Å². The van der Waals surface area contributed by atoms with Crippen LogP contribution < -0.4 is 9.80 Å². The molecule has 13 aromatic rings. The van der Waals surface area contributed by atoms with Crippen molar-refractivity contribution in [2.24, 2.45) is 0 Å². The Labute approximate surface area is 374 Å². The molecule has 0 saturated carbocycles. The van der Waals surface area contributed by atoms with Gasteiger partial charge < -0.3 is 23.2 Å². The maximum atomic E-state index is 7.03. The van der Waals surface area contributed by atoms with Crippen molar-refractivity contribution in [1.82, 2.24) is 9.55 Å². The fourth-order valence-corrected chi connectivity index (χ4v) is 9.58. The molecule has 3 heterocycles. The lowest BCUT2D eigenvalue weighted by Crippen LogP contribution is -2.13. The van der Waals surface area contributed by atoms with Crippen LogP contribution in [0.1, 0.15) is 0 Å². The van der Waals surface area contributed by atoms with Gasteiger partial charge in [-0.1, -0.05) is 121 Å². The Kier molecular flexibility index (Phi) is 8.42. The zero-order valence-corrected chi connectivity index (χ0v) is 35.0. The van der Waals surface area contributed by atoms with Gasteiger partial charge in [-0.25, -0.2) is 4.98 Å². The Morgan fingerprint density at radius 2 is 0.985 bits per heavy atom. The highest BCUT2D eigenvalue weighted by Gasteiger charge is 2.25. The zero-order valence-electron chi connectivity index (χ0n) is 35.0. The summed E-state index contributed by atoms with van der Waals surface area (Å²) in [6.45, 7) is 0. The van der Waals surface area contributed by atoms with Crippen LogP contribution >= 0.6 is 0 Å². The summed E-state index contributed by atoms with van der Waals surface area (Å²) >= 11 is 0. The fraction of sp³-hybridized carbons (Fsp3) is 0. The van der Waals surface area contributed by atoms with Crippen molar-refractivity contribution in [3.05, 3.63) is 231 Å². The second-order valence-electron chi connectivity index (χ2n) is 16.4. The molecule has 306 valence electrons. The van der Waals surface area contributed by atoms with Crippen LogP contribution in [-0.4, -0.2) is 9.55 Å². The van der Waals surface area contributed by atoms with Crippen LogP contribution in [0, 0.1) is 0 Å². The summed E-state index contributed by atoms with van der Waals surface area (Å²) in [5.41, 5.74) is 13.2. The number of anilines is 6. The molecular formula is C59H38N4O2. The smallest absolute Gasteiger partial charge is 0.227 e. The zero-order chi connectivity index (χ0) is 42.8. The Hall–Kier alpha value is -8.87. The van der Waals surface area contributed by atoms with Gasteiger partial charge in [-0.2, -0.15) is 0 Å². The summed E-state index contributed by atoms with van der Waals surface area (Å²) in [5, 5.41) is 6.74. The van der Waals surface area contributed by atoms with Gasteiger partial charge in [0.1, 0.15) is 16.7 Å². The lowest BCUT2D eigenvalue weighted by atomic mass is 10.1. The average molecular weight is 835 g/mol. The molecule has 0 bridgehead atoms. The number of aromatic nitrogens is 2. The molecule has 0 radical (unpaired) electrons. The molecule has 0 atom stereocenters. The minimum Gasteiger partial charge on any atom is -0.456 e. The normalized spacial score (nSPS) is 11.7. The van der Waals surface area contributed by atoms with Crippen molar-refractivity contribution in [3.63, 3.8) is 0 Å². The molecule has 0 N–H and O–H groups in total. The topological polar surface area (TPSA) is 50.6 Å². The van der Waals surface area contributed by atoms with Crippen LogP contribution in [0.5, 0.6) is 0 Å². The number of benzene rings is 10. The van der Waals surface area contributed by atoms with Crippen molar-refractivity contribution in [3.8, 4) is 17.1 Å². The second kappa shape index (κ2) is 14.9. The van der Waals surface area contributed by atoms with Gasteiger partial charge in [0.05, 0.1) is 22.4 Å². The highest BCUT2D eigenvalue weighted by Crippen LogP contribution is 2.47. The van der Waals surface area contributed by atoms with Crippen molar-refractivity contribution in [2.45, 2.75) is 0 Å². The number of oxazole rings is 1. The Bertz CT molecular complexity index is 3910. The van der Waals surface area contributed by atoms with E-state index in [1.807, 2.05) is 12.1 Å². The van der Waals surface area contributed by atoms with E-state index in [0.29, 0.717) is 11.5 Å². The van der Waals surface area contributed by atoms with Crippen LogP contribution in [0.2, 0.25) is 0 Å². The minimum absolute atomic E-state index is 0.552. The van der Waals surface area contributed by atoms with Crippen molar-refractivity contribution < 1.29 is 8.83 Å². The first-order valence-electron chi connectivity index (χ1n) is 21.9. The van der Waals surface area contributed by atoms with E-state index in [9.17, 15) is 0 Å². The first-order valence-corrected chi connectivity index (χ1v) is 21.9. The average Bonchev–Trinajstić information content (AvgIpc) is 4.07. The lowest BCUT2D eigenvalue weighted by molar-refractivity contribution is 0.620. The molecule has 0 aliphatic rings. The molecular weight excluding hydrogens is 797 g/mol. The Morgan fingerprint density at radius 1 is 0.369 bits per heavy atom. The molecule has 10 aromatic carbocycles. The monoisotopic (exact) mass is 834 g/mol. The SMILES string of the molecule is c1ccc(N(c2cc(N(c3ccccc3)c3ccc4c(c3)c3ccccc3n4-c3ccccc3)c3oc(-c4ccc5ccccc5c4)nc3c2)c2ccc3oc4ccccc4c3c2)cc1. The van der Waals surface area contributed by atoms with Crippen molar-refractivity contribution >= 4 is 99.7 Å². The molecule has 65 heavy (non-hydrogen) atoms. The third kappa shape index (κ3) is 6.15. The maximum absolute atomic E-state index is 7.03. The van der Waals surface area contributed by atoms with E-state index in [1.165, 1.54) is 5.39 Å². The molecule has 13 rings (SSSR count). The number of rotatable bonds is 8. The second-order valence-corrected chi connectivity index (χ2v) is 16.4. The molecule has 0 saturated heterocycles. The summed E-state index contributed by atoms with van der Waals surface area (Å²) in [6.07, 6.45) is 0. The minimum atomic E-state index is 0.552. The summed E-state index contributed by atoms with van der Waals surface area (Å²) in [4.78, 5) is 9.93. The summed E-state index contributed by atoms with van der Waals surface area (Å²) < 4.78 is 15.7. The maximum Gasteiger partial charge on any atom is 0.227 e. The molecule has 0 amide bonds. The van der Waals surface area contributed by atoms with Crippen LogP contribution in [-0.2, 0) is 0 Å². The molecule has 0 aliphatic heterocycles. The lowest BCUT2D eigenvalue weighted by Gasteiger charge is -2.29. The largest absolute Gasteiger partial charge is 0.456 e. The highest BCUT2D eigenvalue weighted by atomic mass is 16.3.